The van der Waals surface area contributed by atoms with Gasteiger partial charge in [0.1, 0.15) is 0 Å². The molecule has 0 saturated carbocycles. The second-order valence-electron chi connectivity index (χ2n) is 9.38. The number of rotatable bonds is 4. The Morgan fingerprint density at radius 3 is 2.38 bits per heavy atom. The summed E-state index contributed by atoms with van der Waals surface area (Å²) in [4.78, 5) is 10.5. The Hall–Kier alpha value is -0.120. The van der Waals surface area contributed by atoms with Crippen molar-refractivity contribution in [1.29, 1.82) is 0 Å². The first-order chi connectivity index (χ1) is 13.8. The zero-order chi connectivity index (χ0) is 19.3. The van der Waals surface area contributed by atoms with Crippen LogP contribution in [0.3, 0.4) is 0 Å². The molecule has 1 spiro atoms. The van der Waals surface area contributed by atoms with Crippen molar-refractivity contribution in [2.45, 2.75) is 63.8 Å². The van der Waals surface area contributed by atoms with E-state index in [2.05, 4.69) is 22.0 Å². The van der Waals surface area contributed by atoms with Gasteiger partial charge in [0.15, 0.2) is 5.96 Å². The summed E-state index contributed by atoms with van der Waals surface area (Å²) in [5.41, 5.74) is 0.550. The summed E-state index contributed by atoms with van der Waals surface area (Å²) < 4.78 is 11.6. The Morgan fingerprint density at radius 1 is 0.931 bits per heavy atom. The van der Waals surface area contributed by atoms with E-state index in [1.54, 1.807) is 0 Å². The second kappa shape index (κ2) is 11.0. The predicted octanol–water partition coefficient (Wildman–Crippen LogP) is 3.11. The molecule has 0 bridgehead atoms. The average molecular weight is 521 g/mol. The molecule has 0 amide bonds. The molecule has 0 aliphatic carbocycles. The summed E-state index contributed by atoms with van der Waals surface area (Å²) in [6.07, 6.45) is 9.97. The van der Waals surface area contributed by atoms with Gasteiger partial charge in [-0.1, -0.05) is 0 Å². The molecule has 4 fully saturated rings. The van der Waals surface area contributed by atoms with Crippen molar-refractivity contribution in [3.63, 3.8) is 0 Å². The van der Waals surface area contributed by atoms with Crippen LogP contribution in [-0.2, 0) is 9.47 Å². The van der Waals surface area contributed by atoms with Crippen LogP contribution in [0.25, 0.3) is 0 Å². The third-order valence-electron chi connectivity index (χ3n) is 7.42. The molecule has 4 rings (SSSR count). The molecule has 7 heteroatoms. The molecule has 1 N–H and O–H groups in total. The summed E-state index contributed by atoms with van der Waals surface area (Å²) in [6, 6.07) is 0. The summed E-state index contributed by atoms with van der Waals surface area (Å²) >= 11 is 0. The number of ether oxygens (including phenoxy) is 2. The minimum atomic E-state index is 0. The van der Waals surface area contributed by atoms with E-state index in [0.717, 1.165) is 71.4 Å². The molecule has 6 nitrogen and oxygen atoms in total. The van der Waals surface area contributed by atoms with Crippen LogP contribution in [0.15, 0.2) is 4.99 Å². The Bertz CT molecular complexity index is 521. The zero-order valence-electron chi connectivity index (χ0n) is 18.3. The van der Waals surface area contributed by atoms with E-state index >= 15 is 0 Å². The minimum Gasteiger partial charge on any atom is -0.381 e. The van der Waals surface area contributed by atoms with E-state index in [4.69, 9.17) is 14.5 Å². The van der Waals surface area contributed by atoms with Gasteiger partial charge in [-0.3, -0.25) is 9.89 Å². The fourth-order valence-corrected chi connectivity index (χ4v) is 5.79. The van der Waals surface area contributed by atoms with Gasteiger partial charge in [-0.15, -0.1) is 24.0 Å². The van der Waals surface area contributed by atoms with Gasteiger partial charge in [0.05, 0.1) is 13.2 Å². The van der Waals surface area contributed by atoms with E-state index in [9.17, 15) is 0 Å². The second-order valence-corrected chi connectivity index (χ2v) is 9.38. The Labute approximate surface area is 194 Å². The van der Waals surface area contributed by atoms with Crippen LogP contribution in [0, 0.1) is 5.41 Å². The van der Waals surface area contributed by atoms with Crippen LogP contribution in [0.4, 0.5) is 0 Å². The summed E-state index contributed by atoms with van der Waals surface area (Å²) in [7, 11) is 0. The van der Waals surface area contributed by atoms with Crippen LogP contribution in [0.5, 0.6) is 0 Å². The molecule has 4 aliphatic heterocycles. The van der Waals surface area contributed by atoms with E-state index in [1.165, 1.54) is 51.6 Å². The molecular weight excluding hydrogens is 479 g/mol. The molecule has 0 aromatic carbocycles. The highest BCUT2D eigenvalue weighted by molar-refractivity contribution is 14.0. The minimum absolute atomic E-state index is 0. The van der Waals surface area contributed by atoms with Gasteiger partial charge in [0.2, 0.25) is 0 Å². The highest BCUT2D eigenvalue weighted by atomic mass is 127. The number of hydrogen-bond donors (Lipinski definition) is 1. The Balaban J connectivity index is 0.00000240. The molecule has 29 heavy (non-hydrogen) atoms. The lowest BCUT2D eigenvalue weighted by Gasteiger charge is -2.46. The van der Waals surface area contributed by atoms with Crippen molar-refractivity contribution < 1.29 is 9.47 Å². The van der Waals surface area contributed by atoms with Gasteiger partial charge in [0.25, 0.3) is 0 Å². The number of guanidine groups is 1. The van der Waals surface area contributed by atoms with Gasteiger partial charge in [-0.25, -0.2) is 0 Å². The molecule has 4 saturated heterocycles. The van der Waals surface area contributed by atoms with Crippen molar-refractivity contribution in [3.05, 3.63) is 0 Å². The third-order valence-corrected chi connectivity index (χ3v) is 7.42. The molecule has 4 heterocycles. The average Bonchev–Trinajstić information content (AvgIpc) is 3.28. The summed E-state index contributed by atoms with van der Waals surface area (Å²) in [5.74, 6) is 1.12. The van der Waals surface area contributed by atoms with E-state index in [0.29, 0.717) is 5.41 Å². The third kappa shape index (κ3) is 5.57. The number of hydrogen-bond acceptors (Lipinski definition) is 4. The summed E-state index contributed by atoms with van der Waals surface area (Å²) in [6.45, 7) is 12.3. The first kappa shape index (κ1) is 23.5. The van der Waals surface area contributed by atoms with E-state index < -0.39 is 0 Å². The van der Waals surface area contributed by atoms with Gasteiger partial charge in [-0.05, 0) is 71.4 Å². The number of piperidine rings is 1. The van der Waals surface area contributed by atoms with Gasteiger partial charge in [0, 0.05) is 50.4 Å². The highest BCUT2D eigenvalue weighted by Crippen LogP contribution is 2.38. The lowest BCUT2D eigenvalue weighted by Crippen LogP contribution is -2.55. The van der Waals surface area contributed by atoms with Crippen molar-refractivity contribution in [2.75, 3.05) is 65.7 Å². The van der Waals surface area contributed by atoms with Crippen molar-refractivity contribution in [3.8, 4) is 0 Å². The summed E-state index contributed by atoms with van der Waals surface area (Å²) in [5, 5.41) is 3.61. The van der Waals surface area contributed by atoms with Crippen LogP contribution < -0.4 is 5.32 Å². The number of nitrogens with zero attached hydrogens (tertiary/aromatic N) is 3. The maximum Gasteiger partial charge on any atom is 0.194 e. The fraction of sp³-hybridized carbons (Fsp3) is 0.955. The molecule has 0 radical (unpaired) electrons. The fourth-order valence-electron chi connectivity index (χ4n) is 5.79. The quantitative estimate of drug-likeness (QED) is 0.351. The van der Waals surface area contributed by atoms with Crippen LogP contribution in [0.1, 0.15) is 58.3 Å². The first-order valence-electron chi connectivity index (χ1n) is 11.7. The highest BCUT2D eigenvalue weighted by Gasteiger charge is 2.41. The maximum atomic E-state index is 5.88. The van der Waals surface area contributed by atoms with Crippen LogP contribution >= 0.6 is 24.0 Å². The lowest BCUT2D eigenvalue weighted by atomic mass is 9.76. The Morgan fingerprint density at radius 2 is 1.69 bits per heavy atom. The normalized spacial score (nSPS) is 30.9. The van der Waals surface area contributed by atoms with Gasteiger partial charge >= 0.3 is 0 Å². The van der Waals surface area contributed by atoms with E-state index in [-0.39, 0.29) is 29.5 Å². The van der Waals surface area contributed by atoms with Crippen molar-refractivity contribution in [1.82, 2.24) is 15.1 Å². The molecular formula is C22H41IN4O2. The molecule has 168 valence electrons. The predicted molar refractivity (Wildman–Crippen MR) is 128 cm³/mol. The maximum absolute atomic E-state index is 5.88. The molecule has 4 aliphatic rings. The molecule has 0 aromatic rings. The standard InChI is InChI=1S/C22H40N4O2.HI/c1-2-23-20(25-11-5-7-21(18-25)8-6-14-28-19-21)24-17-22(9-15-27-16-10-22)26-12-3-4-13-26;/h2-19H2,1H3,(H,23,24);1H. The monoisotopic (exact) mass is 520 g/mol. The van der Waals surface area contributed by atoms with Crippen molar-refractivity contribution in [2.24, 2.45) is 10.4 Å². The number of nitrogens with one attached hydrogen (secondary N) is 1. The first-order valence-corrected chi connectivity index (χ1v) is 11.7. The lowest BCUT2D eigenvalue weighted by molar-refractivity contribution is -0.0373. The largest absolute Gasteiger partial charge is 0.381 e. The number of halogens is 1. The molecule has 0 aromatic heterocycles. The van der Waals surface area contributed by atoms with E-state index in [1.807, 2.05) is 0 Å². The number of likely N-dealkylation sites (tertiary alicyclic amines) is 2. The molecule has 1 atom stereocenters. The Kier molecular flexibility index (Phi) is 8.89. The zero-order valence-corrected chi connectivity index (χ0v) is 20.6. The smallest absolute Gasteiger partial charge is 0.194 e. The topological polar surface area (TPSA) is 49.3 Å². The SMILES string of the molecule is CCNC(=NCC1(N2CCCC2)CCOCC1)N1CCCC2(CCCOC2)C1.I. The number of aliphatic imine (C=N–C) groups is 1. The van der Waals surface area contributed by atoms with Crippen LogP contribution in [0.2, 0.25) is 0 Å². The molecule has 1 unspecified atom stereocenters. The van der Waals surface area contributed by atoms with Gasteiger partial charge in [-0.2, -0.15) is 0 Å². The van der Waals surface area contributed by atoms with Gasteiger partial charge < -0.3 is 19.7 Å². The van der Waals surface area contributed by atoms with Crippen molar-refractivity contribution >= 4 is 29.9 Å². The van der Waals surface area contributed by atoms with Crippen LogP contribution in [-0.4, -0.2) is 87.0 Å².